The predicted octanol–water partition coefficient (Wildman–Crippen LogP) is 2.00. The number of carbonyl (C=O) groups is 2. The molecular weight excluding hydrogens is 196 g/mol. The molecule has 0 amide bonds. The average molecular weight is 214 g/mol. The van der Waals surface area contributed by atoms with E-state index in [-0.39, 0.29) is 5.41 Å². The SMILES string of the molecule is CC(C)(C)C(C)(C)OC(=O)C=CC(=O)O. The quantitative estimate of drug-likeness (QED) is 0.576. The molecule has 0 unspecified atom stereocenters. The lowest BCUT2D eigenvalue weighted by Gasteiger charge is -2.37. The predicted molar refractivity (Wildman–Crippen MR) is 56.4 cm³/mol. The summed E-state index contributed by atoms with van der Waals surface area (Å²) in [6.07, 6.45) is 1.68. The molecule has 0 fully saturated rings. The van der Waals surface area contributed by atoms with Crippen molar-refractivity contribution in [2.24, 2.45) is 5.41 Å². The zero-order valence-electron chi connectivity index (χ0n) is 9.83. The fourth-order valence-electron chi connectivity index (χ4n) is 0.578. The van der Waals surface area contributed by atoms with Crippen molar-refractivity contribution in [3.63, 3.8) is 0 Å². The second-order valence-corrected chi connectivity index (χ2v) is 4.85. The Morgan fingerprint density at radius 3 is 1.87 bits per heavy atom. The lowest BCUT2D eigenvalue weighted by atomic mass is 9.79. The fraction of sp³-hybridized carbons (Fsp3) is 0.636. The maximum atomic E-state index is 11.2. The van der Waals surface area contributed by atoms with Crippen molar-refractivity contribution in [3.8, 4) is 0 Å². The first-order valence-corrected chi connectivity index (χ1v) is 4.70. The van der Waals surface area contributed by atoms with Crippen LogP contribution in [0.25, 0.3) is 0 Å². The Morgan fingerprint density at radius 1 is 1.07 bits per heavy atom. The summed E-state index contributed by atoms with van der Waals surface area (Å²) in [6.45, 7) is 9.42. The van der Waals surface area contributed by atoms with E-state index in [1.165, 1.54) is 0 Å². The van der Waals surface area contributed by atoms with Gasteiger partial charge < -0.3 is 9.84 Å². The Labute approximate surface area is 89.9 Å². The Hall–Kier alpha value is -1.32. The molecular formula is C11H18O4. The highest BCUT2D eigenvalue weighted by Gasteiger charge is 2.35. The summed E-state index contributed by atoms with van der Waals surface area (Å²) in [7, 11) is 0. The maximum Gasteiger partial charge on any atom is 0.331 e. The second kappa shape index (κ2) is 4.47. The van der Waals surface area contributed by atoms with E-state index in [9.17, 15) is 9.59 Å². The summed E-state index contributed by atoms with van der Waals surface area (Å²) in [4.78, 5) is 21.4. The van der Waals surface area contributed by atoms with Crippen LogP contribution in [-0.4, -0.2) is 22.6 Å². The molecule has 0 rings (SSSR count). The molecule has 15 heavy (non-hydrogen) atoms. The van der Waals surface area contributed by atoms with Gasteiger partial charge in [-0.3, -0.25) is 0 Å². The highest BCUT2D eigenvalue weighted by molar-refractivity contribution is 5.90. The zero-order chi connectivity index (χ0) is 12.3. The van der Waals surface area contributed by atoms with Crippen molar-refractivity contribution in [2.75, 3.05) is 0 Å². The van der Waals surface area contributed by atoms with Crippen molar-refractivity contribution in [2.45, 2.75) is 40.2 Å². The van der Waals surface area contributed by atoms with Crippen molar-refractivity contribution >= 4 is 11.9 Å². The first-order chi connectivity index (χ1) is 6.56. The van der Waals surface area contributed by atoms with Gasteiger partial charge in [0.05, 0.1) is 0 Å². The van der Waals surface area contributed by atoms with E-state index in [0.29, 0.717) is 0 Å². The smallest absolute Gasteiger partial charge is 0.331 e. The second-order valence-electron chi connectivity index (χ2n) is 4.85. The number of rotatable bonds is 3. The summed E-state index contributed by atoms with van der Waals surface area (Å²) in [5.41, 5.74) is -0.855. The van der Waals surface area contributed by atoms with Gasteiger partial charge in [-0.2, -0.15) is 0 Å². The molecule has 1 N–H and O–H groups in total. The fourth-order valence-corrected chi connectivity index (χ4v) is 0.578. The topological polar surface area (TPSA) is 63.6 Å². The van der Waals surface area contributed by atoms with Gasteiger partial charge in [-0.05, 0) is 13.8 Å². The van der Waals surface area contributed by atoms with Gasteiger partial charge in [0.25, 0.3) is 0 Å². The highest BCUT2D eigenvalue weighted by Crippen LogP contribution is 2.32. The van der Waals surface area contributed by atoms with Crippen LogP contribution in [0.3, 0.4) is 0 Å². The van der Waals surface area contributed by atoms with Gasteiger partial charge in [0, 0.05) is 17.6 Å². The third-order valence-electron chi connectivity index (χ3n) is 2.52. The standard InChI is InChI=1S/C11H18O4/c1-10(2,3)11(4,5)15-9(14)7-6-8(12)13/h6-7H,1-5H3,(H,12,13). The number of carbonyl (C=O) groups excluding carboxylic acids is 1. The van der Waals surface area contributed by atoms with Gasteiger partial charge in [0.1, 0.15) is 5.60 Å². The third-order valence-corrected chi connectivity index (χ3v) is 2.52. The molecule has 0 radical (unpaired) electrons. The van der Waals surface area contributed by atoms with Crippen LogP contribution in [0.1, 0.15) is 34.6 Å². The Balaban J connectivity index is 4.49. The van der Waals surface area contributed by atoms with E-state index in [4.69, 9.17) is 9.84 Å². The van der Waals surface area contributed by atoms with Gasteiger partial charge in [0.2, 0.25) is 0 Å². The van der Waals surface area contributed by atoms with Crippen molar-refractivity contribution in [1.82, 2.24) is 0 Å². The Kier molecular flexibility index (Phi) is 4.07. The van der Waals surface area contributed by atoms with Crippen molar-refractivity contribution < 1.29 is 19.4 Å². The molecule has 0 saturated heterocycles. The van der Waals surface area contributed by atoms with E-state index >= 15 is 0 Å². The highest BCUT2D eigenvalue weighted by atomic mass is 16.6. The van der Waals surface area contributed by atoms with E-state index in [1.54, 1.807) is 13.8 Å². The summed E-state index contributed by atoms with van der Waals surface area (Å²) >= 11 is 0. The molecule has 0 aliphatic heterocycles. The molecule has 0 saturated carbocycles. The first-order valence-electron chi connectivity index (χ1n) is 4.70. The van der Waals surface area contributed by atoms with Crippen molar-refractivity contribution in [3.05, 3.63) is 12.2 Å². The molecule has 0 heterocycles. The van der Waals surface area contributed by atoms with Gasteiger partial charge >= 0.3 is 11.9 Å². The minimum Gasteiger partial charge on any atom is -0.478 e. The van der Waals surface area contributed by atoms with E-state index in [1.807, 2.05) is 20.8 Å². The number of carboxylic acid groups (broad SMARTS) is 1. The number of hydrogen-bond donors (Lipinski definition) is 1. The normalized spacial score (nSPS) is 12.9. The molecule has 0 aromatic carbocycles. The average Bonchev–Trinajstić information content (AvgIpc) is 1.97. The minimum atomic E-state index is -1.17. The monoisotopic (exact) mass is 214 g/mol. The summed E-state index contributed by atoms with van der Waals surface area (Å²) in [5, 5.41) is 8.33. The molecule has 4 heteroatoms. The van der Waals surface area contributed by atoms with Gasteiger partial charge in [-0.15, -0.1) is 0 Å². The summed E-state index contributed by atoms with van der Waals surface area (Å²) in [6, 6.07) is 0. The third kappa shape index (κ3) is 4.63. The molecule has 0 aromatic heterocycles. The lowest BCUT2D eigenvalue weighted by Crippen LogP contribution is -2.40. The van der Waals surface area contributed by atoms with Gasteiger partial charge in [-0.25, -0.2) is 9.59 Å². The zero-order valence-corrected chi connectivity index (χ0v) is 9.83. The molecule has 0 atom stereocenters. The molecule has 0 spiro atoms. The molecule has 4 nitrogen and oxygen atoms in total. The van der Waals surface area contributed by atoms with Gasteiger partial charge in [-0.1, -0.05) is 20.8 Å². The van der Waals surface area contributed by atoms with Crippen LogP contribution in [0.4, 0.5) is 0 Å². The van der Waals surface area contributed by atoms with Crippen LogP contribution in [-0.2, 0) is 14.3 Å². The molecule has 86 valence electrons. The number of ether oxygens (including phenoxy) is 1. The number of esters is 1. The lowest BCUT2D eigenvalue weighted by molar-refractivity contribution is -0.161. The van der Waals surface area contributed by atoms with Crippen LogP contribution in [0.2, 0.25) is 0 Å². The van der Waals surface area contributed by atoms with Crippen LogP contribution >= 0.6 is 0 Å². The Morgan fingerprint density at radius 2 is 1.53 bits per heavy atom. The largest absolute Gasteiger partial charge is 0.478 e. The minimum absolute atomic E-state index is 0.209. The van der Waals surface area contributed by atoms with E-state index in [2.05, 4.69) is 0 Å². The summed E-state index contributed by atoms with van der Waals surface area (Å²) < 4.78 is 5.16. The van der Waals surface area contributed by atoms with Gasteiger partial charge in [0.15, 0.2) is 0 Å². The maximum absolute atomic E-state index is 11.2. The summed E-state index contributed by atoms with van der Waals surface area (Å²) in [5.74, 6) is -1.81. The number of hydrogen-bond acceptors (Lipinski definition) is 3. The van der Waals surface area contributed by atoms with E-state index < -0.39 is 17.5 Å². The van der Waals surface area contributed by atoms with Crippen molar-refractivity contribution in [1.29, 1.82) is 0 Å². The van der Waals surface area contributed by atoms with Crippen LogP contribution in [0.15, 0.2) is 12.2 Å². The van der Waals surface area contributed by atoms with Crippen LogP contribution < -0.4 is 0 Å². The number of aliphatic carboxylic acids is 1. The molecule has 0 aromatic rings. The van der Waals surface area contributed by atoms with Crippen LogP contribution in [0.5, 0.6) is 0 Å². The van der Waals surface area contributed by atoms with E-state index in [0.717, 1.165) is 12.2 Å². The number of carboxylic acids is 1. The Bertz CT molecular complexity index is 281. The molecule has 0 bridgehead atoms. The first kappa shape index (κ1) is 13.7. The molecule has 0 aliphatic rings. The molecule has 0 aliphatic carbocycles. The van der Waals surface area contributed by atoms with Crippen LogP contribution in [0, 0.1) is 5.41 Å².